The summed E-state index contributed by atoms with van der Waals surface area (Å²) in [6, 6.07) is 9.22. The van der Waals surface area contributed by atoms with Crippen LogP contribution in [0.5, 0.6) is 0 Å². The molecule has 20 heavy (non-hydrogen) atoms. The third-order valence-corrected chi connectivity index (χ3v) is 3.64. The summed E-state index contributed by atoms with van der Waals surface area (Å²) in [5.74, 6) is 0.783. The number of halogens is 1. The van der Waals surface area contributed by atoms with Gasteiger partial charge in [-0.05, 0) is 43.2 Å². The molecule has 0 unspecified atom stereocenters. The number of benzene rings is 1. The Hall–Kier alpha value is -1.81. The molecular weight excluding hydrogens is 255 g/mol. The summed E-state index contributed by atoms with van der Waals surface area (Å²) in [7, 11) is 2.00. The number of rotatable bonds is 6. The molecule has 0 radical (unpaired) electrons. The minimum absolute atomic E-state index is 0.209. The van der Waals surface area contributed by atoms with Crippen molar-refractivity contribution in [3.05, 3.63) is 53.7 Å². The molecule has 2 aromatic rings. The Balaban J connectivity index is 1.64. The van der Waals surface area contributed by atoms with Crippen LogP contribution < -0.4 is 10.2 Å². The van der Waals surface area contributed by atoms with Gasteiger partial charge in [0.2, 0.25) is 0 Å². The van der Waals surface area contributed by atoms with E-state index in [4.69, 9.17) is 4.42 Å². The van der Waals surface area contributed by atoms with Crippen LogP contribution in [0.15, 0.2) is 41.0 Å². The highest BCUT2D eigenvalue weighted by Gasteiger charge is 2.21. The average Bonchev–Trinajstić information content (AvgIpc) is 3.18. The number of nitrogens with zero attached hydrogens (tertiary/aromatic N) is 1. The molecule has 0 saturated heterocycles. The van der Waals surface area contributed by atoms with E-state index in [0.717, 1.165) is 24.5 Å². The lowest BCUT2D eigenvalue weighted by Gasteiger charge is -2.19. The van der Waals surface area contributed by atoms with Gasteiger partial charge in [0.05, 0.1) is 12.8 Å². The monoisotopic (exact) mass is 274 g/mol. The van der Waals surface area contributed by atoms with Crippen molar-refractivity contribution in [1.29, 1.82) is 0 Å². The Bertz CT molecular complexity index is 560. The molecule has 0 amide bonds. The first-order valence-electron chi connectivity index (χ1n) is 6.98. The molecule has 1 N–H and O–H groups in total. The SMILES string of the molecule is CN(Cc1ccoc1CNC1CC1)c1ccc(F)cc1. The van der Waals surface area contributed by atoms with Gasteiger partial charge in [0.15, 0.2) is 0 Å². The summed E-state index contributed by atoms with van der Waals surface area (Å²) in [6.07, 6.45) is 4.27. The van der Waals surface area contributed by atoms with Crippen LogP contribution in [0.25, 0.3) is 0 Å². The van der Waals surface area contributed by atoms with E-state index < -0.39 is 0 Å². The molecule has 1 aromatic carbocycles. The van der Waals surface area contributed by atoms with E-state index in [1.54, 1.807) is 18.4 Å². The van der Waals surface area contributed by atoms with Crippen molar-refractivity contribution >= 4 is 5.69 Å². The number of hydrogen-bond acceptors (Lipinski definition) is 3. The third kappa shape index (κ3) is 3.20. The van der Waals surface area contributed by atoms with Crippen molar-refractivity contribution in [1.82, 2.24) is 5.32 Å². The summed E-state index contributed by atoms with van der Waals surface area (Å²) in [4.78, 5) is 2.09. The second-order valence-electron chi connectivity index (χ2n) is 5.36. The van der Waals surface area contributed by atoms with Crippen LogP contribution in [0, 0.1) is 5.82 Å². The van der Waals surface area contributed by atoms with Crippen LogP contribution in [0.1, 0.15) is 24.2 Å². The molecule has 1 aromatic heterocycles. The topological polar surface area (TPSA) is 28.4 Å². The number of furan rings is 1. The zero-order chi connectivity index (χ0) is 13.9. The van der Waals surface area contributed by atoms with Gasteiger partial charge in [0.25, 0.3) is 0 Å². The lowest BCUT2D eigenvalue weighted by atomic mass is 10.2. The molecule has 1 aliphatic carbocycles. The molecule has 0 spiro atoms. The van der Waals surface area contributed by atoms with Gasteiger partial charge in [0.1, 0.15) is 11.6 Å². The van der Waals surface area contributed by atoms with Crippen molar-refractivity contribution < 1.29 is 8.81 Å². The van der Waals surface area contributed by atoms with Crippen LogP contribution >= 0.6 is 0 Å². The quantitative estimate of drug-likeness (QED) is 0.876. The molecule has 0 aliphatic heterocycles. The number of hydrogen-bond donors (Lipinski definition) is 1. The standard InChI is InChI=1S/C16H19FN2O/c1-19(15-6-2-13(17)3-7-15)11-12-8-9-20-16(12)10-18-14-4-5-14/h2-3,6-9,14,18H,4-5,10-11H2,1H3. The van der Waals surface area contributed by atoms with Crippen molar-refractivity contribution in [2.24, 2.45) is 0 Å². The molecule has 1 saturated carbocycles. The Morgan fingerprint density at radius 2 is 2.00 bits per heavy atom. The lowest BCUT2D eigenvalue weighted by molar-refractivity contribution is 0.477. The summed E-state index contributed by atoms with van der Waals surface area (Å²) >= 11 is 0. The van der Waals surface area contributed by atoms with Gasteiger partial charge in [0, 0.05) is 30.9 Å². The fraction of sp³-hybridized carbons (Fsp3) is 0.375. The van der Waals surface area contributed by atoms with E-state index in [0.29, 0.717) is 6.04 Å². The molecule has 3 rings (SSSR count). The van der Waals surface area contributed by atoms with Crippen LogP contribution in [0.2, 0.25) is 0 Å². The second-order valence-corrected chi connectivity index (χ2v) is 5.36. The molecule has 0 atom stereocenters. The maximum atomic E-state index is 12.9. The first kappa shape index (κ1) is 13.2. The highest BCUT2D eigenvalue weighted by molar-refractivity contribution is 5.46. The van der Waals surface area contributed by atoms with E-state index in [2.05, 4.69) is 10.2 Å². The third-order valence-electron chi connectivity index (χ3n) is 3.64. The van der Waals surface area contributed by atoms with Crippen LogP contribution in [-0.2, 0) is 13.1 Å². The second kappa shape index (κ2) is 5.67. The minimum Gasteiger partial charge on any atom is -0.468 e. The normalized spacial score (nSPS) is 14.5. The Morgan fingerprint density at radius 3 is 2.70 bits per heavy atom. The zero-order valence-corrected chi connectivity index (χ0v) is 11.6. The summed E-state index contributed by atoms with van der Waals surface area (Å²) in [5.41, 5.74) is 2.17. The van der Waals surface area contributed by atoms with Gasteiger partial charge in [-0.25, -0.2) is 4.39 Å². The van der Waals surface area contributed by atoms with Crippen molar-refractivity contribution in [3.8, 4) is 0 Å². The van der Waals surface area contributed by atoms with Gasteiger partial charge in [-0.3, -0.25) is 0 Å². The van der Waals surface area contributed by atoms with E-state index in [1.165, 1.54) is 30.5 Å². The maximum Gasteiger partial charge on any atom is 0.123 e. The largest absolute Gasteiger partial charge is 0.468 e. The van der Waals surface area contributed by atoms with Gasteiger partial charge < -0.3 is 14.6 Å². The van der Waals surface area contributed by atoms with Gasteiger partial charge in [-0.15, -0.1) is 0 Å². The zero-order valence-electron chi connectivity index (χ0n) is 11.6. The fourth-order valence-electron chi connectivity index (χ4n) is 2.23. The van der Waals surface area contributed by atoms with Gasteiger partial charge in [-0.1, -0.05) is 0 Å². The van der Waals surface area contributed by atoms with Crippen molar-refractivity contribution in [2.45, 2.75) is 32.0 Å². The molecular formula is C16H19FN2O. The lowest BCUT2D eigenvalue weighted by Crippen LogP contribution is -2.19. The summed E-state index contributed by atoms with van der Waals surface area (Å²) < 4.78 is 18.5. The predicted octanol–water partition coefficient (Wildman–Crippen LogP) is 3.31. The maximum absolute atomic E-state index is 12.9. The number of anilines is 1. The smallest absolute Gasteiger partial charge is 0.123 e. The predicted molar refractivity (Wildman–Crippen MR) is 77.1 cm³/mol. The van der Waals surface area contributed by atoms with Gasteiger partial charge >= 0.3 is 0 Å². The highest BCUT2D eigenvalue weighted by atomic mass is 19.1. The van der Waals surface area contributed by atoms with E-state index in [-0.39, 0.29) is 5.82 Å². The molecule has 3 nitrogen and oxygen atoms in total. The van der Waals surface area contributed by atoms with Crippen LogP contribution in [0.3, 0.4) is 0 Å². The molecule has 106 valence electrons. The first-order valence-corrected chi connectivity index (χ1v) is 6.98. The first-order chi connectivity index (χ1) is 9.72. The Morgan fingerprint density at radius 1 is 1.25 bits per heavy atom. The molecule has 1 fully saturated rings. The van der Waals surface area contributed by atoms with Crippen molar-refractivity contribution in [2.75, 3.05) is 11.9 Å². The highest BCUT2D eigenvalue weighted by Crippen LogP contribution is 2.22. The summed E-state index contributed by atoms with van der Waals surface area (Å²) in [6.45, 7) is 1.54. The molecule has 1 heterocycles. The summed E-state index contributed by atoms with van der Waals surface area (Å²) in [5, 5.41) is 3.46. The van der Waals surface area contributed by atoms with E-state index in [9.17, 15) is 4.39 Å². The van der Waals surface area contributed by atoms with Crippen LogP contribution in [-0.4, -0.2) is 13.1 Å². The van der Waals surface area contributed by atoms with E-state index in [1.807, 2.05) is 13.1 Å². The van der Waals surface area contributed by atoms with E-state index >= 15 is 0 Å². The Kier molecular flexibility index (Phi) is 3.74. The number of nitrogens with one attached hydrogen (secondary N) is 1. The van der Waals surface area contributed by atoms with Crippen LogP contribution in [0.4, 0.5) is 10.1 Å². The van der Waals surface area contributed by atoms with Gasteiger partial charge in [-0.2, -0.15) is 0 Å². The molecule has 1 aliphatic rings. The average molecular weight is 274 g/mol. The molecule has 0 bridgehead atoms. The van der Waals surface area contributed by atoms with Crippen molar-refractivity contribution in [3.63, 3.8) is 0 Å². The fourth-order valence-corrected chi connectivity index (χ4v) is 2.23. The Labute approximate surface area is 118 Å². The molecule has 4 heteroatoms. The minimum atomic E-state index is -0.209.